The molecule has 0 aliphatic rings. The molecule has 0 atom stereocenters. The average Bonchev–Trinajstić information content (AvgIpc) is 3.86. The van der Waals surface area contributed by atoms with Crippen LogP contribution >= 0.6 is 0 Å². The Morgan fingerprint density at radius 2 is 0.758 bits per heavy atom. The maximum atomic E-state index is 6.41. The Kier molecular flexibility index (Phi) is 8.26. The van der Waals surface area contributed by atoms with Gasteiger partial charge in [-0.15, -0.1) is 0 Å². The van der Waals surface area contributed by atoms with E-state index < -0.39 is 0 Å². The van der Waals surface area contributed by atoms with Crippen LogP contribution in [0, 0.1) is 13.8 Å². The smallest absolute Gasteiger partial charge is 0.135 e. The predicted octanol–water partition coefficient (Wildman–Crippen LogP) is 16.5. The molecule has 0 bridgehead atoms. The third-order valence-electron chi connectivity index (χ3n) is 12.6. The van der Waals surface area contributed by atoms with Crippen molar-refractivity contribution in [1.82, 2.24) is 4.57 Å². The number of fused-ring (bicyclic) bond motifs is 10. The fourth-order valence-electron chi connectivity index (χ4n) is 9.79. The highest BCUT2D eigenvalue weighted by molar-refractivity contribution is 6.32. The lowest BCUT2D eigenvalue weighted by Gasteiger charge is -2.28. The summed E-state index contributed by atoms with van der Waals surface area (Å²) in [6.07, 6.45) is 0. The van der Waals surface area contributed by atoms with E-state index in [4.69, 9.17) is 4.42 Å². The number of para-hydroxylation sites is 5. The van der Waals surface area contributed by atoms with Crippen molar-refractivity contribution in [2.24, 2.45) is 0 Å². The number of hydrogen-bond acceptors (Lipinski definition) is 3. The van der Waals surface area contributed by atoms with Crippen molar-refractivity contribution in [3.05, 3.63) is 223 Å². The van der Waals surface area contributed by atoms with Gasteiger partial charge < -0.3 is 18.8 Å². The van der Waals surface area contributed by atoms with Crippen molar-refractivity contribution in [1.29, 1.82) is 0 Å². The summed E-state index contributed by atoms with van der Waals surface area (Å²) in [5.41, 5.74) is 14.2. The molecule has 0 saturated heterocycles. The first-order valence-corrected chi connectivity index (χ1v) is 21.3. The van der Waals surface area contributed by atoms with Gasteiger partial charge in [0.05, 0.1) is 22.4 Å². The fourth-order valence-corrected chi connectivity index (χ4v) is 9.79. The normalized spacial score (nSPS) is 11.7. The van der Waals surface area contributed by atoms with Crippen LogP contribution in [0.5, 0.6) is 0 Å². The molecule has 2 aromatic heterocycles. The first-order valence-electron chi connectivity index (χ1n) is 21.3. The van der Waals surface area contributed by atoms with E-state index in [0.717, 1.165) is 72.8 Å². The monoisotopic (exact) mass is 795 g/mol. The molecular weight excluding hydrogens is 755 g/mol. The van der Waals surface area contributed by atoms with Crippen LogP contribution in [-0.2, 0) is 0 Å². The van der Waals surface area contributed by atoms with E-state index in [1.165, 1.54) is 43.4 Å². The topological polar surface area (TPSA) is 24.6 Å². The number of aromatic nitrogens is 1. The van der Waals surface area contributed by atoms with Crippen LogP contribution in [0.4, 0.5) is 34.1 Å². The summed E-state index contributed by atoms with van der Waals surface area (Å²) >= 11 is 0. The number of anilines is 6. The van der Waals surface area contributed by atoms with Crippen LogP contribution in [0.3, 0.4) is 0 Å². The largest absolute Gasteiger partial charge is 0.456 e. The van der Waals surface area contributed by atoms with Gasteiger partial charge in [0.15, 0.2) is 0 Å². The van der Waals surface area contributed by atoms with E-state index in [1.54, 1.807) is 0 Å². The second-order valence-electron chi connectivity index (χ2n) is 16.2. The van der Waals surface area contributed by atoms with Crippen LogP contribution in [-0.4, -0.2) is 4.57 Å². The summed E-state index contributed by atoms with van der Waals surface area (Å²) in [6.45, 7) is 4.40. The van der Waals surface area contributed by atoms with Crippen molar-refractivity contribution in [2.75, 3.05) is 9.80 Å². The highest BCUT2D eigenvalue weighted by Crippen LogP contribution is 2.50. The molecule has 0 aliphatic heterocycles. The minimum absolute atomic E-state index is 0.873. The highest BCUT2D eigenvalue weighted by Gasteiger charge is 2.26. The van der Waals surface area contributed by atoms with E-state index >= 15 is 0 Å². The molecule has 12 aromatic rings. The summed E-state index contributed by atoms with van der Waals surface area (Å²) in [4.78, 5) is 4.87. The lowest BCUT2D eigenvalue weighted by atomic mass is 9.96. The first kappa shape index (κ1) is 35.8. The molecule has 0 amide bonds. The molecule has 0 unspecified atom stereocenters. The Bertz CT molecular complexity index is 3490. The summed E-state index contributed by atoms with van der Waals surface area (Å²) in [5, 5.41) is 9.40. The molecular formula is C58H41N3O. The maximum Gasteiger partial charge on any atom is 0.135 e. The molecule has 62 heavy (non-hydrogen) atoms. The number of furan rings is 1. The molecule has 12 rings (SSSR count). The van der Waals surface area contributed by atoms with Crippen molar-refractivity contribution < 1.29 is 4.42 Å². The number of rotatable bonds is 7. The van der Waals surface area contributed by atoms with Crippen molar-refractivity contribution in [2.45, 2.75) is 13.8 Å². The standard InChI is InChI=1S/C58H41N3O/c1-38-19-9-16-30-49(38)59(40-21-5-3-6-22-40)51-36-53-57(46-28-13-11-25-43(46)51)58-47-29-14-12-26-44(47)52(60(41-23-7-4-8-24-41)50-31-17-10-20-39(50)2)37-54(58)61(53)42-33-34-56-48(35-42)45-27-15-18-32-55(45)62-56/h3-37H,1-2H3. The van der Waals surface area contributed by atoms with Gasteiger partial charge in [0.1, 0.15) is 11.2 Å². The van der Waals surface area contributed by atoms with Gasteiger partial charge in [0.25, 0.3) is 0 Å². The summed E-state index contributed by atoms with van der Waals surface area (Å²) < 4.78 is 8.91. The molecule has 10 aromatic carbocycles. The fraction of sp³-hybridized carbons (Fsp3) is 0.0345. The number of nitrogens with zero attached hydrogens (tertiary/aromatic N) is 3. The van der Waals surface area contributed by atoms with E-state index in [0.29, 0.717) is 0 Å². The van der Waals surface area contributed by atoms with Crippen molar-refractivity contribution in [3.63, 3.8) is 0 Å². The Morgan fingerprint density at radius 3 is 1.27 bits per heavy atom. The second kappa shape index (κ2) is 14.3. The summed E-state index contributed by atoms with van der Waals surface area (Å²) in [7, 11) is 0. The molecule has 0 saturated carbocycles. The quantitative estimate of drug-likeness (QED) is 0.161. The van der Waals surface area contributed by atoms with Crippen LogP contribution < -0.4 is 9.80 Å². The molecule has 294 valence electrons. The van der Waals surface area contributed by atoms with Gasteiger partial charge in [-0.05, 0) is 109 Å². The Morgan fingerprint density at radius 1 is 0.339 bits per heavy atom. The van der Waals surface area contributed by atoms with Crippen LogP contribution in [0.15, 0.2) is 217 Å². The minimum Gasteiger partial charge on any atom is -0.456 e. The van der Waals surface area contributed by atoms with Gasteiger partial charge in [-0.2, -0.15) is 0 Å². The lowest BCUT2D eigenvalue weighted by molar-refractivity contribution is 0.669. The van der Waals surface area contributed by atoms with Gasteiger partial charge in [-0.3, -0.25) is 0 Å². The molecule has 0 radical (unpaired) electrons. The molecule has 4 nitrogen and oxygen atoms in total. The zero-order valence-corrected chi connectivity index (χ0v) is 34.5. The third-order valence-corrected chi connectivity index (χ3v) is 12.6. The Labute approximate surface area is 359 Å². The van der Waals surface area contributed by atoms with Crippen molar-refractivity contribution >= 4 is 99.4 Å². The van der Waals surface area contributed by atoms with Crippen molar-refractivity contribution in [3.8, 4) is 5.69 Å². The predicted molar refractivity (Wildman–Crippen MR) is 262 cm³/mol. The van der Waals surface area contributed by atoms with Gasteiger partial charge in [0, 0.05) is 60.8 Å². The molecule has 0 spiro atoms. The van der Waals surface area contributed by atoms with Gasteiger partial charge in [-0.25, -0.2) is 0 Å². The highest BCUT2D eigenvalue weighted by atomic mass is 16.3. The van der Waals surface area contributed by atoms with E-state index in [9.17, 15) is 0 Å². The second-order valence-corrected chi connectivity index (χ2v) is 16.2. The zero-order valence-electron chi connectivity index (χ0n) is 34.5. The number of hydrogen-bond donors (Lipinski definition) is 0. The Hall–Kier alpha value is -8.08. The summed E-state index contributed by atoms with van der Waals surface area (Å²) in [6, 6.07) is 76.7. The number of benzene rings is 10. The summed E-state index contributed by atoms with van der Waals surface area (Å²) in [5.74, 6) is 0. The maximum absolute atomic E-state index is 6.41. The van der Waals surface area contributed by atoms with Crippen LogP contribution in [0.2, 0.25) is 0 Å². The molecule has 4 heteroatoms. The van der Waals surface area contributed by atoms with E-state index in [-0.39, 0.29) is 0 Å². The van der Waals surface area contributed by atoms with Crippen LogP contribution in [0.25, 0.3) is 71.0 Å². The molecule has 0 aliphatic carbocycles. The Balaban J connectivity index is 1.28. The first-order chi connectivity index (χ1) is 30.6. The molecule has 2 heterocycles. The lowest BCUT2D eigenvalue weighted by Crippen LogP contribution is -2.12. The van der Waals surface area contributed by atoms with Gasteiger partial charge in [-0.1, -0.05) is 140 Å². The zero-order chi connectivity index (χ0) is 41.3. The van der Waals surface area contributed by atoms with E-state index in [2.05, 4.69) is 234 Å². The molecule has 0 fully saturated rings. The number of aryl methyl sites for hydroxylation is 2. The van der Waals surface area contributed by atoms with Gasteiger partial charge >= 0.3 is 0 Å². The van der Waals surface area contributed by atoms with Crippen LogP contribution in [0.1, 0.15) is 11.1 Å². The van der Waals surface area contributed by atoms with E-state index in [1.807, 2.05) is 6.07 Å². The third kappa shape index (κ3) is 5.54. The minimum atomic E-state index is 0.873. The molecule has 0 N–H and O–H groups in total. The SMILES string of the molecule is Cc1ccccc1N(c1ccccc1)c1cc2c(c3ccccc13)c1c3ccccc3c(N(c3ccccc3)c3ccccc3C)cc1n2-c1ccc2oc3ccccc3c2c1. The average molecular weight is 796 g/mol. The van der Waals surface area contributed by atoms with Gasteiger partial charge in [0.2, 0.25) is 0 Å².